The van der Waals surface area contributed by atoms with E-state index in [0.29, 0.717) is 6.54 Å². The average Bonchev–Trinajstić information content (AvgIpc) is 3.05. The van der Waals surface area contributed by atoms with Crippen LogP contribution in [-0.4, -0.2) is 18.4 Å². The van der Waals surface area contributed by atoms with Crippen molar-refractivity contribution in [2.75, 3.05) is 6.54 Å². The highest BCUT2D eigenvalue weighted by molar-refractivity contribution is 5.96. The van der Waals surface area contributed by atoms with E-state index < -0.39 is 11.7 Å². The van der Waals surface area contributed by atoms with Gasteiger partial charge in [-0.25, -0.2) is 4.39 Å². The van der Waals surface area contributed by atoms with Crippen molar-refractivity contribution >= 4 is 11.8 Å². The van der Waals surface area contributed by atoms with Crippen LogP contribution in [0, 0.1) is 5.82 Å². The second-order valence-electron chi connectivity index (χ2n) is 5.93. The lowest BCUT2D eigenvalue weighted by atomic mass is 10.1. The van der Waals surface area contributed by atoms with Gasteiger partial charge in [-0.2, -0.15) is 0 Å². The van der Waals surface area contributed by atoms with Gasteiger partial charge in [-0.3, -0.25) is 9.59 Å². The van der Waals surface area contributed by atoms with E-state index in [9.17, 15) is 14.0 Å². The molecule has 1 aliphatic carbocycles. The molecule has 0 aliphatic heterocycles. The van der Waals surface area contributed by atoms with E-state index in [4.69, 9.17) is 0 Å². The Morgan fingerprint density at radius 1 is 1.00 bits per heavy atom. The van der Waals surface area contributed by atoms with Crippen molar-refractivity contribution in [3.8, 4) is 0 Å². The number of carbonyl (C=O) groups is 2. The van der Waals surface area contributed by atoms with E-state index in [1.165, 1.54) is 35.7 Å². The maximum Gasteiger partial charge on any atom is 0.251 e. The molecule has 0 radical (unpaired) electrons. The number of hydrogen-bond donors (Lipinski definition) is 2. The van der Waals surface area contributed by atoms with Crippen LogP contribution in [-0.2, 0) is 24.2 Å². The molecule has 2 N–H and O–H groups in total. The number of halogens is 1. The van der Waals surface area contributed by atoms with Crippen LogP contribution in [0.3, 0.4) is 0 Å². The number of aryl methyl sites for hydroxylation is 2. The molecule has 2 aromatic rings. The highest BCUT2D eigenvalue weighted by Gasteiger charge is 2.12. The first-order chi connectivity index (χ1) is 11.6. The van der Waals surface area contributed by atoms with Gasteiger partial charge >= 0.3 is 0 Å². The normalized spacial score (nSPS) is 12.5. The summed E-state index contributed by atoms with van der Waals surface area (Å²) in [5.41, 5.74) is 4.01. The third-order valence-electron chi connectivity index (χ3n) is 4.15. The van der Waals surface area contributed by atoms with E-state index in [2.05, 4.69) is 22.8 Å². The number of hydrogen-bond acceptors (Lipinski definition) is 2. The smallest absolute Gasteiger partial charge is 0.251 e. The molecule has 0 aromatic heterocycles. The zero-order chi connectivity index (χ0) is 16.9. The van der Waals surface area contributed by atoms with Crippen molar-refractivity contribution in [2.45, 2.75) is 25.8 Å². The van der Waals surface area contributed by atoms with Crippen molar-refractivity contribution in [1.29, 1.82) is 0 Å². The van der Waals surface area contributed by atoms with Gasteiger partial charge < -0.3 is 10.6 Å². The largest absolute Gasteiger partial charge is 0.350 e. The molecule has 0 atom stereocenters. The maximum atomic E-state index is 13.1. The van der Waals surface area contributed by atoms with Crippen molar-refractivity contribution in [1.82, 2.24) is 10.6 Å². The van der Waals surface area contributed by atoms with Crippen molar-refractivity contribution in [2.24, 2.45) is 0 Å². The molecule has 0 spiro atoms. The third kappa shape index (κ3) is 3.98. The van der Waals surface area contributed by atoms with Gasteiger partial charge in [-0.05, 0) is 54.2 Å². The van der Waals surface area contributed by atoms with E-state index in [-0.39, 0.29) is 18.0 Å². The van der Waals surface area contributed by atoms with Crippen molar-refractivity contribution in [3.05, 3.63) is 70.5 Å². The zero-order valence-corrected chi connectivity index (χ0v) is 13.3. The summed E-state index contributed by atoms with van der Waals surface area (Å²) < 4.78 is 13.1. The SMILES string of the molecule is O=C(CNC(=O)c1cccc(F)c1)NCc1ccc2c(c1)CCC2. The van der Waals surface area contributed by atoms with Gasteiger partial charge in [0.1, 0.15) is 5.82 Å². The fraction of sp³-hybridized carbons (Fsp3) is 0.263. The average molecular weight is 326 g/mol. The topological polar surface area (TPSA) is 58.2 Å². The van der Waals surface area contributed by atoms with Crippen molar-refractivity contribution in [3.63, 3.8) is 0 Å². The Bertz CT molecular complexity index is 774. The summed E-state index contributed by atoms with van der Waals surface area (Å²) in [5.74, 6) is -1.23. The fourth-order valence-corrected chi connectivity index (χ4v) is 2.89. The number of amides is 2. The minimum Gasteiger partial charge on any atom is -0.350 e. The number of rotatable bonds is 5. The summed E-state index contributed by atoms with van der Waals surface area (Å²) in [4.78, 5) is 23.7. The van der Waals surface area contributed by atoms with Crippen LogP contribution in [0.15, 0.2) is 42.5 Å². The molecular weight excluding hydrogens is 307 g/mol. The Morgan fingerprint density at radius 2 is 1.83 bits per heavy atom. The van der Waals surface area contributed by atoms with Gasteiger partial charge in [0, 0.05) is 12.1 Å². The maximum absolute atomic E-state index is 13.1. The quantitative estimate of drug-likeness (QED) is 0.886. The van der Waals surface area contributed by atoms with Gasteiger partial charge in [-0.15, -0.1) is 0 Å². The lowest BCUT2D eigenvalue weighted by Gasteiger charge is -2.08. The highest BCUT2D eigenvalue weighted by atomic mass is 19.1. The van der Waals surface area contributed by atoms with Crippen LogP contribution in [0.5, 0.6) is 0 Å². The van der Waals surface area contributed by atoms with Gasteiger partial charge in [0.2, 0.25) is 5.91 Å². The molecule has 0 unspecified atom stereocenters. The molecule has 0 fully saturated rings. The summed E-state index contributed by atoms with van der Waals surface area (Å²) in [5, 5.41) is 5.27. The molecule has 2 amide bonds. The monoisotopic (exact) mass is 326 g/mol. The lowest BCUT2D eigenvalue weighted by Crippen LogP contribution is -2.36. The minimum absolute atomic E-state index is 0.139. The molecule has 1 aliphatic rings. The molecule has 0 saturated carbocycles. The third-order valence-corrected chi connectivity index (χ3v) is 4.15. The van der Waals surface area contributed by atoms with Gasteiger partial charge in [-0.1, -0.05) is 24.3 Å². The van der Waals surface area contributed by atoms with E-state index in [1.54, 1.807) is 0 Å². The number of benzene rings is 2. The molecule has 5 heteroatoms. The van der Waals surface area contributed by atoms with Gasteiger partial charge in [0.25, 0.3) is 5.91 Å². The minimum atomic E-state index is -0.483. The van der Waals surface area contributed by atoms with Crippen LogP contribution in [0.4, 0.5) is 4.39 Å². The summed E-state index contributed by atoms with van der Waals surface area (Å²) >= 11 is 0. The van der Waals surface area contributed by atoms with Gasteiger partial charge in [0.15, 0.2) is 0 Å². The van der Waals surface area contributed by atoms with Crippen LogP contribution in [0.25, 0.3) is 0 Å². The molecule has 2 aromatic carbocycles. The summed E-state index contributed by atoms with van der Waals surface area (Å²) in [6.45, 7) is 0.294. The summed E-state index contributed by atoms with van der Waals surface area (Å²) in [7, 11) is 0. The highest BCUT2D eigenvalue weighted by Crippen LogP contribution is 2.22. The van der Waals surface area contributed by atoms with E-state index in [1.807, 2.05) is 6.07 Å². The van der Waals surface area contributed by atoms with Gasteiger partial charge in [0.05, 0.1) is 6.54 Å². The van der Waals surface area contributed by atoms with Crippen molar-refractivity contribution < 1.29 is 14.0 Å². The first-order valence-corrected chi connectivity index (χ1v) is 8.03. The van der Waals surface area contributed by atoms with Crippen LogP contribution in [0.2, 0.25) is 0 Å². The predicted octanol–water partition coefficient (Wildman–Crippen LogP) is 2.36. The number of carbonyl (C=O) groups excluding carboxylic acids is 2. The molecule has 0 heterocycles. The molecule has 124 valence electrons. The van der Waals surface area contributed by atoms with Crippen LogP contribution < -0.4 is 10.6 Å². The number of fused-ring (bicyclic) bond motifs is 1. The Labute approximate surface area is 140 Å². The first kappa shape index (κ1) is 16.2. The zero-order valence-electron chi connectivity index (χ0n) is 13.3. The Kier molecular flexibility index (Phi) is 4.89. The molecule has 0 bridgehead atoms. The first-order valence-electron chi connectivity index (χ1n) is 8.03. The molecular formula is C19H19FN2O2. The molecule has 4 nitrogen and oxygen atoms in total. The lowest BCUT2D eigenvalue weighted by molar-refractivity contribution is -0.120. The second kappa shape index (κ2) is 7.25. The standard InChI is InChI=1S/C19H19FN2O2/c20-17-6-2-5-16(10-17)19(24)22-12-18(23)21-11-13-7-8-14-3-1-4-15(14)9-13/h2,5-10H,1,3-4,11-12H2,(H,21,23)(H,22,24). The molecule has 0 saturated heterocycles. The fourth-order valence-electron chi connectivity index (χ4n) is 2.89. The Morgan fingerprint density at radius 3 is 2.67 bits per heavy atom. The number of nitrogens with one attached hydrogen (secondary N) is 2. The Balaban J connectivity index is 1.47. The van der Waals surface area contributed by atoms with Crippen LogP contribution >= 0.6 is 0 Å². The Hall–Kier alpha value is -2.69. The summed E-state index contributed by atoms with van der Waals surface area (Å²) in [6.07, 6.45) is 3.42. The van der Waals surface area contributed by atoms with E-state index in [0.717, 1.165) is 24.5 Å². The predicted molar refractivity (Wildman–Crippen MR) is 89.0 cm³/mol. The summed E-state index contributed by atoms with van der Waals surface area (Å²) in [6, 6.07) is 11.6. The second-order valence-corrected chi connectivity index (χ2v) is 5.93. The molecule has 3 rings (SSSR count). The van der Waals surface area contributed by atoms with E-state index >= 15 is 0 Å². The van der Waals surface area contributed by atoms with Crippen LogP contribution in [0.1, 0.15) is 33.5 Å². The molecule has 24 heavy (non-hydrogen) atoms.